The SMILES string of the molecule is CCc1noc(CN(CC)C(=O)Nc2c(C)c(CC)nn2-c2ccccc2)n1. The Balaban J connectivity index is 1.85. The molecule has 0 saturated heterocycles. The average molecular weight is 382 g/mol. The Labute approximate surface area is 164 Å². The molecule has 0 saturated carbocycles. The highest BCUT2D eigenvalue weighted by Gasteiger charge is 2.21. The van der Waals surface area contributed by atoms with Crippen molar-refractivity contribution in [1.29, 1.82) is 0 Å². The molecule has 0 aliphatic heterocycles. The second-order valence-corrected chi connectivity index (χ2v) is 6.42. The molecule has 0 fully saturated rings. The lowest BCUT2D eigenvalue weighted by Gasteiger charge is -2.20. The molecule has 0 aliphatic carbocycles. The first kappa shape index (κ1) is 19.6. The van der Waals surface area contributed by atoms with Crippen LogP contribution >= 0.6 is 0 Å². The molecule has 2 amide bonds. The summed E-state index contributed by atoms with van der Waals surface area (Å²) in [5.74, 6) is 1.74. The van der Waals surface area contributed by atoms with E-state index in [1.165, 1.54) is 0 Å². The van der Waals surface area contributed by atoms with Crippen LogP contribution in [0.25, 0.3) is 5.69 Å². The predicted molar refractivity (Wildman–Crippen MR) is 106 cm³/mol. The molecule has 28 heavy (non-hydrogen) atoms. The smallest absolute Gasteiger partial charge is 0.323 e. The molecule has 8 heteroatoms. The normalized spacial score (nSPS) is 10.9. The number of nitrogens with one attached hydrogen (secondary N) is 1. The molecule has 148 valence electrons. The van der Waals surface area contributed by atoms with Crippen molar-refractivity contribution in [3.63, 3.8) is 0 Å². The molecule has 0 bridgehead atoms. The lowest BCUT2D eigenvalue weighted by Crippen LogP contribution is -2.35. The maximum Gasteiger partial charge on any atom is 0.323 e. The third kappa shape index (κ3) is 4.05. The minimum atomic E-state index is -0.235. The zero-order valence-corrected chi connectivity index (χ0v) is 16.8. The van der Waals surface area contributed by atoms with Gasteiger partial charge < -0.3 is 9.42 Å². The van der Waals surface area contributed by atoms with E-state index in [0.717, 1.165) is 23.4 Å². The Bertz CT molecular complexity index is 932. The fraction of sp³-hybridized carbons (Fsp3) is 0.400. The standard InChI is InChI=1S/C20H26N6O2/c1-5-16-14(4)19(26(23-16)15-11-9-8-10-12-15)22-20(27)25(7-3)13-18-21-17(6-2)24-28-18/h8-12H,5-7,13H2,1-4H3,(H,22,27). The number of aryl methyl sites for hydroxylation is 2. The largest absolute Gasteiger partial charge is 0.337 e. The third-order valence-corrected chi connectivity index (χ3v) is 4.60. The Morgan fingerprint density at radius 2 is 1.93 bits per heavy atom. The molecule has 2 aromatic heterocycles. The number of aromatic nitrogens is 4. The Morgan fingerprint density at radius 1 is 1.18 bits per heavy atom. The van der Waals surface area contributed by atoms with Crippen molar-refractivity contribution in [2.75, 3.05) is 11.9 Å². The van der Waals surface area contributed by atoms with Gasteiger partial charge in [-0.1, -0.05) is 37.2 Å². The van der Waals surface area contributed by atoms with Crippen LogP contribution in [0.2, 0.25) is 0 Å². The van der Waals surface area contributed by atoms with Crippen molar-refractivity contribution in [3.05, 3.63) is 53.3 Å². The van der Waals surface area contributed by atoms with Crippen molar-refractivity contribution in [1.82, 2.24) is 24.8 Å². The maximum atomic E-state index is 12.9. The summed E-state index contributed by atoms with van der Waals surface area (Å²) >= 11 is 0. The minimum Gasteiger partial charge on any atom is -0.337 e. The Kier molecular flexibility index (Phi) is 6.08. The van der Waals surface area contributed by atoms with E-state index >= 15 is 0 Å². The second kappa shape index (κ2) is 8.69. The Hall–Kier alpha value is -3.16. The summed E-state index contributed by atoms with van der Waals surface area (Å²) in [5.41, 5.74) is 2.81. The van der Waals surface area contributed by atoms with Gasteiger partial charge in [0, 0.05) is 18.5 Å². The summed E-state index contributed by atoms with van der Waals surface area (Å²) < 4.78 is 7.01. The number of rotatable bonds is 7. The summed E-state index contributed by atoms with van der Waals surface area (Å²) in [6, 6.07) is 9.54. The van der Waals surface area contributed by atoms with Gasteiger partial charge in [0.2, 0.25) is 5.89 Å². The monoisotopic (exact) mass is 382 g/mol. The number of carbonyl (C=O) groups excluding carboxylic acids is 1. The number of amides is 2. The van der Waals surface area contributed by atoms with Gasteiger partial charge in [-0.2, -0.15) is 10.1 Å². The zero-order chi connectivity index (χ0) is 20.1. The molecule has 2 heterocycles. The molecule has 8 nitrogen and oxygen atoms in total. The first-order valence-corrected chi connectivity index (χ1v) is 9.58. The van der Waals surface area contributed by atoms with E-state index in [-0.39, 0.29) is 12.6 Å². The van der Waals surface area contributed by atoms with Gasteiger partial charge >= 0.3 is 6.03 Å². The number of para-hydroxylation sites is 1. The van der Waals surface area contributed by atoms with E-state index in [1.807, 2.05) is 51.1 Å². The fourth-order valence-corrected chi connectivity index (χ4v) is 2.95. The van der Waals surface area contributed by atoms with Crippen molar-refractivity contribution < 1.29 is 9.32 Å². The molecule has 3 rings (SSSR count). The van der Waals surface area contributed by atoms with Gasteiger partial charge in [-0.05, 0) is 32.4 Å². The van der Waals surface area contributed by atoms with Crippen molar-refractivity contribution in [2.45, 2.75) is 47.1 Å². The van der Waals surface area contributed by atoms with Gasteiger partial charge in [-0.3, -0.25) is 5.32 Å². The molecule has 1 aromatic carbocycles. The second-order valence-electron chi connectivity index (χ2n) is 6.42. The van der Waals surface area contributed by atoms with Crippen LogP contribution in [0.1, 0.15) is 43.7 Å². The lowest BCUT2D eigenvalue weighted by atomic mass is 10.2. The van der Waals surface area contributed by atoms with Crippen LogP contribution in [0.3, 0.4) is 0 Å². The van der Waals surface area contributed by atoms with E-state index < -0.39 is 0 Å². The number of urea groups is 1. The fourth-order valence-electron chi connectivity index (χ4n) is 2.95. The first-order chi connectivity index (χ1) is 13.6. The molecule has 1 N–H and O–H groups in total. The quantitative estimate of drug-likeness (QED) is 0.672. The summed E-state index contributed by atoms with van der Waals surface area (Å²) in [6.07, 6.45) is 1.48. The van der Waals surface area contributed by atoms with Crippen LogP contribution < -0.4 is 5.32 Å². The van der Waals surface area contributed by atoms with Crippen LogP contribution in [0.15, 0.2) is 34.9 Å². The molecule has 0 aliphatic rings. The van der Waals surface area contributed by atoms with Crippen LogP contribution in [-0.2, 0) is 19.4 Å². The zero-order valence-electron chi connectivity index (χ0n) is 16.8. The number of hydrogen-bond acceptors (Lipinski definition) is 5. The molecule has 3 aromatic rings. The number of nitrogens with zero attached hydrogens (tertiary/aromatic N) is 5. The van der Waals surface area contributed by atoms with Gasteiger partial charge in [0.15, 0.2) is 5.82 Å². The predicted octanol–water partition coefficient (Wildman–Crippen LogP) is 3.74. The van der Waals surface area contributed by atoms with Crippen molar-refractivity contribution in [2.24, 2.45) is 0 Å². The molecule has 0 spiro atoms. The van der Waals surface area contributed by atoms with E-state index in [0.29, 0.717) is 30.5 Å². The van der Waals surface area contributed by atoms with E-state index in [9.17, 15) is 4.79 Å². The minimum absolute atomic E-state index is 0.235. The van der Waals surface area contributed by atoms with Gasteiger partial charge in [0.05, 0.1) is 11.4 Å². The number of carbonyl (C=O) groups is 1. The Morgan fingerprint density at radius 3 is 2.54 bits per heavy atom. The van der Waals surface area contributed by atoms with Crippen molar-refractivity contribution >= 4 is 11.8 Å². The number of anilines is 1. The van der Waals surface area contributed by atoms with Crippen LogP contribution in [0.4, 0.5) is 10.6 Å². The molecule has 0 radical (unpaired) electrons. The van der Waals surface area contributed by atoms with Gasteiger partial charge in [0.1, 0.15) is 12.4 Å². The van der Waals surface area contributed by atoms with E-state index in [1.54, 1.807) is 9.58 Å². The first-order valence-electron chi connectivity index (χ1n) is 9.58. The van der Waals surface area contributed by atoms with E-state index in [2.05, 4.69) is 27.5 Å². The highest BCUT2D eigenvalue weighted by molar-refractivity contribution is 5.89. The highest BCUT2D eigenvalue weighted by Crippen LogP contribution is 2.24. The molecule has 0 atom stereocenters. The van der Waals surface area contributed by atoms with Crippen molar-refractivity contribution in [3.8, 4) is 5.69 Å². The summed E-state index contributed by atoms with van der Waals surface area (Å²) in [5, 5.41) is 11.6. The van der Waals surface area contributed by atoms with Crippen LogP contribution in [0, 0.1) is 6.92 Å². The van der Waals surface area contributed by atoms with Gasteiger partial charge in [-0.15, -0.1) is 0 Å². The number of benzene rings is 1. The number of hydrogen-bond donors (Lipinski definition) is 1. The summed E-state index contributed by atoms with van der Waals surface area (Å²) in [7, 11) is 0. The summed E-state index contributed by atoms with van der Waals surface area (Å²) in [6.45, 7) is 8.66. The molecule has 0 unspecified atom stereocenters. The molecular weight excluding hydrogens is 356 g/mol. The highest BCUT2D eigenvalue weighted by atomic mass is 16.5. The topological polar surface area (TPSA) is 89.1 Å². The average Bonchev–Trinajstić information content (AvgIpc) is 3.31. The summed E-state index contributed by atoms with van der Waals surface area (Å²) in [4.78, 5) is 18.9. The lowest BCUT2D eigenvalue weighted by molar-refractivity contribution is 0.203. The maximum absolute atomic E-state index is 12.9. The van der Waals surface area contributed by atoms with E-state index in [4.69, 9.17) is 4.52 Å². The van der Waals surface area contributed by atoms with Gasteiger partial charge in [0.25, 0.3) is 0 Å². The van der Waals surface area contributed by atoms with Crippen LogP contribution in [-0.4, -0.2) is 37.4 Å². The van der Waals surface area contributed by atoms with Gasteiger partial charge in [-0.25, -0.2) is 9.48 Å². The third-order valence-electron chi connectivity index (χ3n) is 4.60. The van der Waals surface area contributed by atoms with Crippen LogP contribution in [0.5, 0.6) is 0 Å². The molecular formula is C20H26N6O2.